The summed E-state index contributed by atoms with van der Waals surface area (Å²) in [6.07, 6.45) is 2.22. The maximum atomic E-state index is 12.7. The van der Waals surface area contributed by atoms with Crippen molar-refractivity contribution in [1.82, 2.24) is 14.8 Å². The summed E-state index contributed by atoms with van der Waals surface area (Å²) in [6, 6.07) is 11.5. The molecular weight excluding hydrogens is 394 g/mol. The summed E-state index contributed by atoms with van der Waals surface area (Å²) in [5.74, 6) is 0.589. The summed E-state index contributed by atoms with van der Waals surface area (Å²) < 4.78 is 2.03. The lowest BCUT2D eigenvalue weighted by Crippen LogP contribution is -2.24. The largest absolute Gasteiger partial charge is 0.366 e. The molecule has 0 spiro atoms. The van der Waals surface area contributed by atoms with Crippen LogP contribution in [0.5, 0.6) is 0 Å². The van der Waals surface area contributed by atoms with Crippen LogP contribution in [0.1, 0.15) is 41.9 Å². The third kappa shape index (κ3) is 3.81. The third-order valence-electron chi connectivity index (χ3n) is 4.43. The Labute approximate surface area is 170 Å². The van der Waals surface area contributed by atoms with E-state index in [4.69, 9.17) is 5.73 Å². The molecular formula is C19H19N5O2S2. The zero-order valence-electron chi connectivity index (χ0n) is 15.2. The van der Waals surface area contributed by atoms with E-state index in [1.807, 2.05) is 34.9 Å². The fourth-order valence-corrected chi connectivity index (χ4v) is 4.48. The first-order chi connectivity index (χ1) is 13.5. The molecule has 0 radical (unpaired) electrons. The molecule has 4 rings (SSSR count). The molecule has 0 bridgehead atoms. The molecule has 9 heteroatoms. The minimum absolute atomic E-state index is 0.217. The highest BCUT2D eigenvalue weighted by Gasteiger charge is 2.32. The van der Waals surface area contributed by atoms with Crippen LogP contribution in [0.4, 0.5) is 5.00 Å². The van der Waals surface area contributed by atoms with Gasteiger partial charge in [-0.2, -0.15) is 0 Å². The monoisotopic (exact) mass is 413 g/mol. The van der Waals surface area contributed by atoms with E-state index in [1.165, 1.54) is 23.1 Å². The van der Waals surface area contributed by atoms with Crippen molar-refractivity contribution in [3.8, 4) is 5.69 Å². The normalized spacial score (nSPS) is 14.6. The molecule has 1 saturated carbocycles. The number of carbonyl (C=O) groups is 2. The van der Waals surface area contributed by atoms with Crippen LogP contribution in [0.25, 0.3) is 5.69 Å². The van der Waals surface area contributed by atoms with Crippen molar-refractivity contribution in [3.63, 3.8) is 0 Å². The van der Waals surface area contributed by atoms with Gasteiger partial charge in [-0.25, -0.2) is 0 Å². The van der Waals surface area contributed by atoms with Crippen LogP contribution in [-0.2, 0) is 4.79 Å². The molecule has 2 amide bonds. The number of para-hydroxylation sites is 1. The molecule has 1 aliphatic rings. The summed E-state index contributed by atoms with van der Waals surface area (Å²) in [5.41, 5.74) is 6.65. The number of hydrogen-bond donors (Lipinski definition) is 2. The lowest BCUT2D eigenvalue weighted by Gasteiger charge is -2.13. The fraction of sp³-hybridized carbons (Fsp3) is 0.263. The van der Waals surface area contributed by atoms with E-state index < -0.39 is 11.2 Å². The molecule has 0 saturated heterocycles. The van der Waals surface area contributed by atoms with Crippen molar-refractivity contribution >= 4 is 39.9 Å². The van der Waals surface area contributed by atoms with E-state index in [9.17, 15) is 9.59 Å². The Morgan fingerprint density at radius 3 is 2.68 bits per heavy atom. The average molecular weight is 414 g/mol. The number of nitrogens with two attached hydrogens (primary N) is 1. The summed E-state index contributed by atoms with van der Waals surface area (Å²) >= 11 is 2.61. The van der Waals surface area contributed by atoms with E-state index in [0.29, 0.717) is 21.6 Å². The minimum atomic E-state index is -0.560. The number of primary amides is 1. The van der Waals surface area contributed by atoms with Crippen LogP contribution in [0.15, 0.2) is 46.9 Å². The van der Waals surface area contributed by atoms with Crippen molar-refractivity contribution in [1.29, 1.82) is 0 Å². The zero-order valence-corrected chi connectivity index (χ0v) is 16.8. The number of nitrogens with one attached hydrogen (secondary N) is 1. The van der Waals surface area contributed by atoms with E-state index in [-0.39, 0.29) is 5.91 Å². The van der Waals surface area contributed by atoms with E-state index in [1.54, 1.807) is 18.4 Å². The summed E-state index contributed by atoms with van der Waals surface area (Å²) in [4.78, 5) is 24.1. The van der Waals surface area contributed by atoms with Gasteiger partial charge in [0.2, 0.25) is 5.91 Å². The van der Waals surface area contributed by atoms with Crippen molar-refractivity contribution < 1.29 is 9.59 Å². The molecule has 1 fully saturated rings. The van der Waals surface area contributed by atoms with Gasteiger partial charge in [0, 0.05) is 11.6 Å². The number of rotatable bonds is 7. The van der Waals surface area contributed by atoms with Crippen LogP contribution >= 0.6 is 23.1 Å². The van der Waals surface area contributed by atoms with Crippen LogP contribution in [0.2, 0.25) is 0 Å². The number of carbonyl (C=O) groups excluding carboxylic acids is 2. The lowest BCUT2D eigenvalue weighted by atomic mass is 10.3. The van der Waals surface area contributed by atoms with Crippen LogP contribution < -0.4 is 11.1 Å². The molecule has 3 aromatic rings. The first kappa shape index (κ1) is 18.7. The second kappa shape index (κ2) is 7.76. The number of hydrogen-bond acceptors (Lipinski definition) is 6. The fourth-order valence-electron chi connectivity index (χ4n) is 2.81. The molecule has 1 atom stereocenters. The standard InChI is InChI=1S/C19H19N5O2S2/c1-11(17(26)21-18-14(15(20)25)9-10-27-18)28-19-23-22-16(12-7-8-12)24(19)13-5-3-2-4-6-13/h2-6,9-12H,7-8H2,1H3,(H2,20,25)(H,21,26)/t11-/m1/s1. The van der Waals surface area contributed by atoms with Gasteiger partial charge in [0.05, 0.1) is 10.8 Å². The Morgan fingerprint density at radius 2 is 2.00 bits per heavy atom. The van der Waals surface area contributed by atoms with Gasteiger partial charge >= 0.3 is 0 Å². The molecule has 3 N–H and O–H groups in total. The molecule has 2 heterocycles. The molecule has 1 aromatic carbocycles. The molecule has 28 heavy (non-hydrogen) atoms. The summed E-state index contributed by atoms with van der Waals surface area (Å²) in [5, 5.41) is 14.0. The van der Waals surface area contributed by atoms with Gasteiger partial charge in [-0.15, -0.1) is 21.5 Å². The third-order valence-corrected chi connectivity index (χ3v) is 6.31. The highest BCUT2D eigenvalue weighted by Crippen LogP contribution is 2.41. The Hall–Kier alpha value is -2.65. The van der Waals surface area contributed by atoms with E-state index in [2.05, 4.69) is 15.5 Å². The van der Waals surface area contributed by atoms with E-state index in [0.717, 1.165) is 24.4 Å². The Kier molecular flexibility index (Phi) is 5.19. The van der Waals surface area contributed by atoms with Crippen molar-refractivity contribution in [2.75, 3.05) is 5.32 Å². The summed E-state index contributed by atoms with van der Waals surface area (Å²) in [6.45, 7) is 1.80. The summed E-state index contributed by atoms with van der Waals surface area (Å²) in [7, 11) is 0. The van der Waals surface area contributed by atoms with Gasteiger partial charge in [-0.3, -0.25) is 14.2 Å². The predicted octanol–water partition coefficient (Wildman–Crippen LogP) is 3.42. The van der Waals surface area contributed by atoms with Gasteiger partial charge in [-0.1, -0.05) is 30.0 Å². The van der Waals surface area contributed by atoms with Crippen LogP contribution in [0.3, 0.4) is 0 Å². The first-order valence-corrected chi connectivity index (χ1v) is 10.7. The second-order valence-electron chi connectivity index (χ2n) is 6.56. The predicted molar refractivity (Wildman–Crippen MR) is 110 cm³/mol. The van der Waals surface area contributed by atoms with Gasteiger partial charge < -0.3 is 11.1 Å². The molecule has 0 unspecified atom stereocenters. The van der Waals surface area contributed by atoms with Gasteiger partial charge in [-0.05, 0) is 43.3 Å². The van der Waals surface area contributed by atoms with Crippen molar-refractivity contribution in [3.05, 3.63) is 53.2 Å². The highest BCUT2D eigenvalue weighted by atomic mass is 32.2. The van der Waals surface area contributed by atoms with Gasteiger partial charge in [0.1, 0.15) is 10.8 Å². The lowest BCUT2D eigenvalue weighted by molar-refractivity contribution is -0.115. The number of aromatic nitrogens is 3. The molecule has 1 aliphatic carbocycles. The Balaban J connectivity index is 1.55. The van der Waals surface area contributed by atoms with Gasteiger partial charge in [0.15, 0.2) is 5.16 Å². The van der Waals surface area contributed by atoms with Crippen LogP contribution in [-0.4, -0.2) is 31.8 Å². The van der Waals surface area contributed by atoms with Crippen molar-refractivity contribution in [2.45, 2.75) is 36.1 Å². The van der Waals surface area contributed by atoms with E-state index >= 15 is 0 Å². The smallest absolute Gasteiger partial charge is 0.251 e. The number of nitrogens with zero attached hydrogens (tertiary/aromatic N) is 3. The number of thioether (sulfide) groups is 1. The minimum Gasteiger partial charge on any atom is -0.366 e. The Bertz CT molecular complexity index is 1010. The Morgan fingerprint density at radius 1 is 1.25 bits per heavy atom. The van der Waals surface area contributed by atoms with Crippen LogP contribution in [0, 0.1) is 0 Å². The SMILES string of the molecule is C[C@@H](Sc1nnc(C2CC2)n1-c1ccccc1)C(=O)Nc1sccc1C(N)=O. The first-order valence-electron chi connectivity index (χ1n) is 8.90. The molecule has 144 valence electrons. The topological polar surface area (TPSA) is 103 Å². The number of amides is 2. The quantitative estimate of drug-likeness (QED) is 0.578. The highest BCUT2D eigenvalue weighted by molar-refractivity contribution is 8.00. The molecule has 0 aliphatic heterocycles. The average Bonchev–Trinajstić information content (AvgIpc) is 3.28. The van der Waals surface area contributed by atoms with Crippen molar-refractivity contribution in [2.24, 2.45) is 5.73 Å². The second-order valence-corrected chi connectivity index (χ2v) is 8.79. The number of anilines is 1. The maximum Gasteiger partial charge on any atom is 0.251 e. The molecule has 2 aromatic heterocycles. The molecule has 7 nitrogen and oxygen atoms in total. The number of benzene rings is 1. The zero-order chi connectivity index (χ0) is 19.7. The number of thiophene rings is 1. The van der Waals surface area contributed by atoms with Gasteiger partial charge in [0.25, 0.3) is 5.91 Å². The maximum absolute atomic E-state index is 12.7.